The zero-order valence-corrected chi connectivity index (χ0v) is 14.7. The Labute approximate surface area is 148 Å². The van der Waals surface area contributed by atoms with E-state index in [4.69, 9.17) is 0 Å². The lowest BCUT2D eigenvalue weighted by molar-refractivity contribution is -0.446. The number of nitrogens with one attached hydrogen (secondary N) is 2. The predicted octanol–water partition coefficient (Wildman–Crippen LogP) is 1.88. The first-order valence-corrected chi connectivity index (χ1v) is 7.84. The number of aryl methyl sites for hydroxylation is 2. The van der Waals surface area contributed by atoms with Crippen LogP contribution in [0.1, 0.15) is 36.4 Å². The van der Waals surface area contributed by atoms with Gasteiger partial charge in [0.05, 0.1) is 11.4 Å². The quantitative estimate of drug-likeness (QED) is 0.549. The van der Waals surface area contributed by atoms with Crippen molar-refractivity contribution in [2.75, 3.05) is 10.9 Å². The summed E-state index contributed by atoms with van der Waals surface area (Å²) in [5, 5.41) is 20.0. The van der Waals surface area contributed by atoms with Gasteiger partial charge in [0.2, 0.25) is 0 Å². The summed E-state index contributed by atoms with van der Waals surface area (Å²) in [5.74, 6) is -0.348. The first kappa shape index (κ1) is 18.9. The highest BCUT2D eigenvalue weighted by molar-refractivity contribution is 5.66. The van der Waals surface area contributed by atoms with Crippen molar-refractivity contribution in [1.82, 2.24) is 19.9 Å². The number of hydrogen-bond donors (Lipinski definition) is 2. The summed E-state index contributed by atoms with van der Waals surface area (Å²) in [4.78, 5) is 38.1. The first-order valence-electron chi connectivity index (χ1n) is 7.84. The van der Waals surface area contributed by atoms with Crippen LogP contribution in [-0.2, 0) is 12.8 Å². The molecule has 0 aliphatic rings. The highest BCUT2D eigenvalue weighted by Crippen LogP contribution is 2.28. The van der Waals surface area contributed by atoms with E-state index < -0.39 is 10.1 Å². The third kappa shape index (κ3) is 3.96. The van der Waals surface area contributed by atoms with Gasteiger partial charge in [-0.05, 0) is 37.8 Å². The van der Waals surface area contributed by atoms with Gasteiger partial charge in [-0.1, -0.05) is 24.7 Å². The van der Waals surface area contributed by atoms with Crippen molar-refractivity contribution in [3.05, 3.63) is 42.7 Å². The Bertz CT molecular complexity index is 799. The summed E-state index contributed by atoms with van der Waals surface area (Å²) < 4.78 is 0. The molecule has 0 saturated carbocycles. The molecule has 0 amide bonds. The number of hydrazine groups is 2. The van der Waals surface area contributed by atoms with Crippen molar-refractivity contribution in [3.8, 4) is 11.4 Å². The highest BCUT2D eigenvalue weighted by atomic mass is 16.7. The number of aromatic nitrogens is 4. The minimum atomic E-state index is -0.752. The minimum absolute atomic E-state index is 0.174. The Morgan fingerprint density at radius 3 is 1.38 bits per heavy atom. The maximum Gasteiger partial charge on any atom is 0.285 e. The second-order valence-electron chi connectivity index (χ2n) is 5.38. The number of anilines is 2. The molecule has 2 aromatic heterocycles. The van der Waals surface area contributed by atoms with E-state index in [9.17, 15) is 20.2 Å². The summed E-state index contributed by atoms with van der Waals surface area (Å²) in [7, 11) is 0. The number of hydrogen-bond acceptors (Lipinski definition) is 8. The van der Waals surface area contributed by atoms with E-state index in [1.54, 1.807) is 13.8 Å². The van der Waals surface area contributed by atoms with Gasteiger partial charge < -0.3 is 0 Å². The van der Waals surface area contributed by atoms with Crippen LogP contribution in [0.5, 0.6) is 0 Å². The monoisotopic (exact) mass is 362 g/mol. The molecule has 2 aromatic rings. The zero-order valence-electron chi connectivity index (χ0n) is 14.7. The average Bonchev–Trinajstić information content (AvgIpc) is 2.56. The van der Waals surface area contributed by atoms with Gasteiger partial charge >= 0.3 is 0 Å². The molecule has 12 nitrogen and oxygen atoms in total. The summed E-state index contributed by atoms with van der Waals surface area (Å²) >= 11 is 0. The molecule has 0 aromatic carbocycles. The van der Waals surface area contributed by atoms with E-state index in [-0.39, 0.29) is 11.9 Å². The first-order chi connectivity index (χ1) is 12.3. The molecule has 2 N–H and O–H groups in total. The molecule has 2 heterocycles. The van der Waals surface area contributed by atoms with Crippen molar-refractivity contribution in [3.63, 3.8) is 0 Å². The predicted molar refractivity (Wildman–Crippen MR) is 92.5 cm³/mol. The molecule has 2 rings (SSSR count). The second kappa shape index (κ2) is 7.63. The number of nitrogens with zero attached hydrogens (tertiary/aromatic N) is 6. The van der Waals surface area contributed by atoms with Gasteiger partial charge in [0.25, 0.3) is 11.9 Å². The van der Waals surface area contributed by atoms with E-state index >= 15 is 0 Å². The Kier molecular flexibility index (Phi) is 5.54. The third-order valence-electron chi connectivity index (χ3n) is 3.77. The zero-order chi connectivity index (χ0) is 19.4. The van der Waals surface area contributed by atoms with Crippen LogP contribution >= 0.6 is 0 Å². The van der Waals surface area contributed by atoms with Crippen LogP contribution < -0.4 is 10.9 Å². The molecule has 0 fully saturated rings. The fraction of sp³-hybridized carbons (Fsp3) is 0.429. The molecule has 12 heteroatoms. The largest absolute Gasteiger partial charge is 0.285 e. The van der Waals surface area contributed by atoms with Crippen LogP contribution in [0, 0.1) is 34.1 Å². The van der Waals surface area contributed by atoms with E-state index in [1.165, 1.54) is 0 Å². The Hall–Kier alpha value is -3.44. The van der Waals surface area contributed by atoms with Crippen LogP contribution in [0.25, 0.3) is 11.4 Å². The highest BCUT2D eigenvalue weighted by Gasteiger charge is 2.20. The second-order valence-corrected chi connectivity index (χ2v) is 5.38. The number of rotatable bonds is 7. The normalized spacial score (nSPS) is 10.5. The van der Waals surface area contributed by atoms with Gasteiger partial charge in [0.1, 0.15) is 0 Å². The molecular formula is C14H18N8O4. The maximum absolute atomic E-state index is 10.7. The molecule has 0 unspecified atom stereocenters. The molecular weight excluding hydrogens is 344 g/mol. The molecule has 0 saturated heterocycles. The van der Waals surface area contributed by atoms with Crippen molar-refractivity contribution < 1.29 is 10.1 Å². The van der Waals surface area contributed by atoms with Crippen molar-refractivity contribution in [2.45, 2.75) is 40.5 Å². The molecule has 0 bridgehead atoms. The van der Waals surface area contributed by atoms with Gasteiger partial charge in [-0.3, -0.25) is 0 Å². The number of nitro groups is 2. The van der Waals surface area contributed by atoms with Crippen LogP contribution in [0.3, 0.4) is 0 Å². The molecule has 138 valence electrons. The van der Waals surface area contributed by atoms with E-state index in [0.717, 1.165) is 0 Å². The average molecular weight is 362 g/mol. The molecule has 0 aliphatic carbocycles. The van der Waals surface area contributed by atoms with Gasteiger partial charge in [-0.2, -0.15) is 0 Å². The summed E-state index contributed by atoms with van der Waals surface area (Å²) in [6.07, 6.45) is 1.05. The SMILES string of the molecule is CCc1nc(N[N+](=O)[O-])nc(-c2nc(N[N+](=O)[O-])nc(CC)c2C)c1C. The topological polar surface area (TPSA) is 162 Å². The van der Waals surface area contributed by atoms with Gasteiger partial charge in [0.15, 0.2) is 10.1 Å². The molecule has 0 spiro atoms. The molecule has 26 heavy (non-hydrogen) atoms. The van der Waals surface area contributed by atoms with Gasteiger partial charge in [-0.15, -0.1) is 0 Å². The van der Waals surface area contributed by atoms with Crippen LogP contribution in [0.15, 0.2) is 0 Å². The van der Waals surface area contributed by atoms with Crippen LogP contribution in [-0.4, -0.2) is 30.0 Å². The van der Waals surface area contributed by atoms with Crippen LogP contribution in [0.4, 0.5) is 11.9 Å². The van der Waals surface area contributed by atoms with Crippen molar-refractivity contribution in [1.29, 1.82) is 0 Å². The summed E-state index contributed by atoms with van der Waals surface area (Å²) in [5.41, 5.74) is 7.22. The maximum atomic E-state index is 10.7. The Balaban J connectivity index is 2.72. The van der Waals surface area contributed by atoms with Gasteiger partial charge in [-0.25, -0.2) is 40.2 Å². The Morgan fingerprint density at radius 1 is 0.769 bits per heavy atom. The van der Waals surface area contributed by atoms with E-state index in [1.807, 2.05) is 24.7 Å². The van der Waals surface area contributed by atoms with E-state index in [2.05, 4.69) is 19.9 Å². The fourth-order valence-electron chi connectivity index (χ4n) is 2.54. The lowest BCUT2D eigenvalue weighted by Gasteiger charge is -2.14. The minimum Gasteiger partial charge on any atom is -0.234 e. The van der Waals surface area contributed by atoms with Crippen LogP contribution in [0.2, 0.25) is 0 Å². The summed E-state index contributed by atoms with van der Waals surface area (Å²) in [6, 6.07) is 0. The molecule has 0 radical (unpaired) electrons. The molecule has 0 aliphatic heterocycles. The fourth-order valence-corrected chi connectivity index (χ4v) is 2.54. The van der Waals surface area contributed by atoms with Gasteiger partial charge in [0, 0.05) is 11.4 Å². The lowest BCUT2D eigenvalue weighted by Crippen LogP contribution is -2.16. The Morgan fingerprint density at radius 2 is 1.12 bits per heavy atom. The molecule has 0 atom stereocenters. The third-order valence-corrected chi connectivity index (χ3v) is 3.77. The van der Waals surface area contributed by atoms with Crippen molar-refractivity contribution >= 4 is 11.9 Å². The lowest BCUT2D eigenvalue weighted by atomic mass is 10.0. The smallest absolute Gasteiger partial charge is 0.234 e. The van der Waals surface area contributed by atoms with Crippen molar-refractivity contribution in [2.24, 2.45) is 0 Å². The standard InChI is InChI=1S/C14H18N8O4/c1-5-9-7(3)11(17-13(15-9)19-21(23)24)12-8(4)10(6-2)16-14(18-12)20-22(25)26/h5-6H2,1-4H3,(H,15,17,19)(H,16,18,20). The van der Waals surface area contributed by atoms with E-state index in [0.29, 0.717) is 46.7 Å². The summed E-state index contributed by atoms with van der Waals surface area (Å²) in [6.45, 7) is 7.27.